The van der Waals surface area contributed by atoms with Crippen LogP contribution in [0.2, 0.25) is 0 Å². The first-order chi connectivity index (χ1) is 14.9. The Balaban J connectivity index is 0.00000363. The van der Waals surface area contributed by atoms with Gasteiger partial charge >= 0.3 is 6.36 Å². The lowest BCUT2D eigenvalue weighted by atomic mass is 10.2. The molecule has 32 heavy (non-hydrogen) atoms. The zero-order chi connectivity index (χ0) is 22.3. The van der Waals surface area contributed by atoms with Gasteiger partial charge in [0.25, 0.3) is 5.91 Å². The monoisotopic (exact) mass is 564 g/mol. The number of anilines is 1. The molecule has 3 rings (SSSR count). The number of aliphatic imine (C=N–C) groups is 1. The molecule has 0 bridgehead atoms. The highest BCUT2D eigenvalue weighted by atomic mass is 127. The number of fused-ring (bicyclic) bond motifs is 1. The largest absolute Gasteiger partial charge is 0.573 e. The zero-order valence-electron chi connectivity index (χ0n) is 17.3. The molecule has 0 radical (unpaired) electrons. The highest BCUT2D eigenvalue weighted by Crippen LogP contribution is 2.31. The number of hydrogen-bond donors (Lipinski definition) is 2. The maximum Gasteiger partial charge on any atom is 0.573 e. The molecule has 1 aliphatic rings. The number of alkyl halides is 3. The van der Waals surface area contributed by atoms with E-state index in [0.717, 1.165) is 5.69 Å². The molecule has 0 saturated carbocycles. The van der Waals surface area contributed by atoms with Crippen molar-refractivity contribution < 1.29 is 27.4 Å². The van der Waals surface area contributed by atoms with Crippen LogP contribution in [0.4, 0.5) is 18.9 Å². The van der Waals surface area contributed by atoms with Gasteiger partial charge in [0.15, 0.2) is 12.6 Å². The third kappa shape index (κ3) is 7.18. The van der Waals surface area contributed by atoms with Gasteiger partial charge in [-0.25, -0.2) is 0 Å². The van der Waals surface area contributed by atoms with E-state index >= 15 is 0 Å². The van der Waals surface area contributed by atoms with Crippen molar-refractivity contribution in [2.24, 2.45) is 4.99 Å². The van der Waals surface area contributed by atoms with Crippen LogP contribution in [-0.4, -0.2) is 45.0 Å². The summed E-state index contributed by atoms with van der Waals surface area (Å²) in [5.41, 5.74) is 1.08. The molecule has 0 unspecified atom stereocenters. The molecule has 1 heterocycles. The summed E-state index contributed by atoms with van der Waals surface area (Å²) < 4.78 is 47.1. The molecule has 1 aliphatic heterocycles. The number of ether oxygens (including phenoxy) is 2. The van der Waals surface area contributed by atoms with Crippen LogP contribution in [0.3, 0.4) is 0 Å². The lowest BCUT2D eigenvalue weighted by molar-refractivity contribution is -0.274. The molecule has 2 N–H and O–H groups in total. The molecule has 0 fully saturated rings. The van der Waals surface area contributed by atoms with Crippen molar-refractivity contribution in [2.45, 2.75) is 19.3 Å². The van der Waals surface area contributed by atoms with E-state index < -0.39 is 6.36 Å². The summed E-state index contributed by atoms with van der Waals surface area (Å²) in [6.07, 6.45) is -4.12. The topological polar surface area (TPSA) is 75.2 Å². The van der Waals surface area contributed by atoms with Crippen molar-refractivity contribution in [3.05, 3.63) is 54.1 Å². The van der Waals surface area contributed by atoms with Gasteiger partial charge in [0.05, 0.1) is 5.69 Å². The summed E-state index contributed by atoms with van der Waals surface area (Å²) >= 11 is 0. The van der Waals surface area contributed by atoms with Gasteiger partial charge in [0.1, 0.15) is 11.5 Å². The Kier molecular flexibility index (Phi) is 9.42. The fraction of sp³-hybridized carbons (Fsp3) is 0.333. The second kappa shape index (κ2) is 11.8. The first-order valence-electron chi connectivity index (χ1n) is 9.68. The van der Waals surface area contributed by atoms with Gasteiger partial charge in [0.2, 0.25) is 0 Å². The van der Waals surface area contributed by atoms with Gasteiger partial charge in [-0.3, -0.25) is 9.79 Å². The van der Waals surface area contributed by atoms with E-state index in [1.54, 1.807) is 24.1 Å². The van der Waals surface area contributed by atoms with Crippen LogP contribution in [0.5, 0.6) is 11.5 Å². The van der Waals surface area contributed by atoms with Crippen molar-refractivity contribution >= 4 is 41.5 Å². The molecule has 0 aromatic heterocycles. The minimum Gasteiger partial charge on any atom is -0.482 e. The van der Waals surface area contributed by atoms with Crippen LogP contribution in [-0.2, 0) is 11.3 Å². The summed E-state index contributed by atoms with van der Waals surface area (Å²) in [4.78, 5) is 17.9. The molecular weight excluding hydrogens is 540 g/mol. The number of para-hydroxylation sites is 3. The molecule has 0 saturated heterocycles. The van der Waals surface area contributed by atoms with E-state index in [-0.39, 0.29) is 48.8 Å². The van der Waals surface area contributed by atoms with Crippen molar-refractivity contribution in [2.75, 3.05) is 31.6 Å². The molecule has 1 amide bonds. The molecule has 0 atom stereocenters. The molecule has 0 spiro atoms. The lowest BCUT2D eigenvalue weighted by Gasteiger charge is -2.29. The van der Waals surface area contributed by atoms with Crippen LogP contribution >= 0.6 is 24.0 Å². The van der Waals surface area contributed by atoms with Gasteiger partial charge in [-0.1, -0.05) is 30.3 Å². The van der Waals surface area contributed by atoms with Crippen molar-refractivity contribution in [3.8, 4) is 11.5 Å². The maximum absolute atomic E-state index is 12.6. The van der Waals surface area contributed by atoms with Crippen molar-refractivity contribution in [1.82, 2.24) is 10.6 Å². The van der Waals surface area contributed by atoms with E-state index in [1.807, 2.05) is 24.3 Å². The third-order valence-electron chi connectivity index (χ3n) is 4.53. The number of nitrogens with one attached hydrogen (secondary N) is 2. The van der Waals surface area contributed by atoms with Gasteiger partial charge in [-0.15, -0.1) is 37.1 Å². The normalized spacial score (nSPS) is 13.6. The second-order valence-corrected chi connectivity index (χ2v) is 6.66. The predicted octanol–water partition coefficient (Wildman–Crippen LogP) is 3.68. The SMILES string of the molecule is CN=C(NCCCN1C(=O)COc2ccccc21)NCc1ccccc1OC(F)(F)F.I. The van der Waals surface area contributed by atoms with Crippen LogP contribution < -0.4 is 25.0 Å². The Morgan fingerprint density at radius 3 is 2.62 bits per heavy atom. The molecule has 0 aliphatic carbocycles. The summed E-state index contributed by atoms with van der Waals surface area (Å²) in [6, 6.07) is 13.3. The van der Waals surface area contributed by atoms with Crippen LogP contribution in [0.15, 0.2) is 53.5 Å². The minimum absolute atomic E-state index is 0. The number of rotatable bonds is 7. The van der Waals surface area contributed by atoms with Gasteiger partial charge in [-0.05, 0) is 24.6 Å². The fourth-order valence-electron chi connectivity index (χ4n) is 3.12. The summed E-state index contributed by atoms with van der Waals surface area (Å²) in [7, 11) is 1.56. The van der Waals surface area contributed by atoms with E-state index in [1.165, 1.54) is 12.1 Å². The van der Waals surface area contributed by atoms with E-state index in [0.29, 0.717) is 36.8 Å². The Morgan fingerprint density at radius 2 is 1.88 bits per heavy atom. The summed E-state index contributed by atoms with van der Waals surface area (Å²) in [5.74, 6) is 0.729. The van der Waals surface area contributed by atoms with Crippen molar-refractivity contribution in [1.29, 1.82) is 0 Å². The lowest BCUT2D eigenvalue weighted by Crippen LogP contribution is -2.42. The molecule has 2 aromatic carbocycles. The fourth-order valence-corrected chi connectivity index (χ4v) is 3.12. The smallest absolute Gasteiger partial charge is 0.482 e. The van der Waals surface area contributed by atoms with E-state index in [9.17, 15) is 18.0 Å². The first-order valence-corrected chi connectivity index (χ1v) is 9.68. The average Bonchev–Trinajstić information content (AvgIpc) is 2.74. The average molecular weight is 564 g/mol. The van der Waals surface area contributed by atoms with Crippen LogP contribution in [0, 0.1) is 0 Å². The maximum atomic E-state index is 12.6. The number of benzene rings is 2. The molecule has 7 nitrogen and oxygen atoms in total. The quantitative estimate of drug-likeness (QED) is 0.233. The second-order valence-electron chi connectivity index (χ2n) is 6.66. The molecular formula is C21H24F3IN4O3. The number of hydrogen-bond acceptors (Lipinski definition) is 4. The van der Waals surface area contributed by atoms with Crippen molar-refractivity contribution in [3.63, 3.8) is 0 Å². The minimum atomic E-state index is -4.76. The molecule has 11 heteroatoms. The summed E-state index contributed by atoms with van der Waals surface area (Å²) in [5, 5.41) is 6.06. The van der Waals surface area contributed by atoms with Gasteiger partial charge in [-0.2, -0.15) is 0 Å². The molecule has 174 valence electrons. The number of carbonyl (C=O) groups is 1. The highest BCUT2D eigenvalue weighted by Gasteiger charge is 2.32. The Hall–Kier alpha value is -2.70. The van der Waals surface area contributed by atoms with E-state index in [2.05, 4.69) is 20.4 Å². The highest BCUT2D eigenvalue weighted by molar-refractivity contribution is 14.0. The number of carbonyl (C=O) groups excluding carboxylic acids is 1. The number of halogens is 4. The number of guanidine groups is 1. The van der Waals surface area contributed by atoms with Gasteiger partial charge < -0.3 is 25.0 Å². The zero-order valence-corrected chi connectivity index (χ0v) is 19.6. The number of nitrogens with zero attached hydrogens (tertiary/aromatic N) is 2. The van der Waals surface area contributed by atoms with Crippen LogP contribution in [0.1, 0.15) is 12.0 Å². The van der Waals surface area contributed by atoms with E-state index in [4.69, 9.17) is 4.74 Å². The predicted molar refractivity (Wildman–Crippen MR) is 126 cm³/mol. The first kappa shape index (κ1) is 25.6. The Labute approximate surface area is 201 Å². The van der Waals surface area contributed by atoms with Crippen LogP contribution in [0.25, 0.3) is 0 Å². The third-order valence-corrected chi connectivity index (χ3v) is 4.53. The van der Waals surface area contributed by atoms with Gasteiger partial charge in [0, 0.05) is 32.2 Å². The Morgan fingerprint density at radius 1 is 1.16 bits per heavy atom. The molecule has 2 aromatic rings. The summed E-state index contributed by atoms with van der Waals surface area (Å²) in [6.45, 7) is 1.10. The number of amides is 1. The Bertz CT molecular complexity index is 941. The standard InChI is InChI=1S/C21H23F3N4O3.HI/c1-25-20(27-13-15-7-2-4-9-17(15)31-21(22,23)24)26-11-6-12-28-16-8-3-5-10-18(16)30-14-19(28)29;/h2-5,7-10H,6,11-14H2,1H3,(H2,25,26,27);1H.